The molecule has 2 fully saturated rings. The first kappa shape index (κ1) is 19.0. The fourth-order valence-electron chi connectivity index (χ4n) is 4.98. The lowest BCUT2D eigenvalue weighted by atomic mass is 9.78. The van der Waals surface area contributed by atoms with Crippen molar-refractivity contribution in [2.24, 2.45) is 5.92 Å². The largest absolute Gasteiger partial charge is 0.371 e. The van der Waals surface area contributed by atoms with Crippen molar-refractivity contribution in [1.82, 2.24) is 5.32 Å². The highest BCUT2D eigenvalue weighted by Crippen LogP contribution is 2.41. The molecule has 0 spiro atoms. The Morgan fingerprint density at radius 1 is 1.04 bits per heavy atom. The monoisotopic (exact) mass is 376 g/mol. The molecule has 1 aliphatic carbocycles. The van der Waals surface area contributed by atoms with Crippen LogP contribution in [-0.2, 0) is 16.8 Å². The van der Waals surface area contributed by atoms with Gasteiger partial charge in [0.05, 0.1) is 5.41 Å². The van der Waals surface area contributed by atoms with Gasteiger partial charge in [-0.25, -0.2) is 0 Å². The van der Waals surface area contributed by atoms with E-state index in [4.69, 9.17) is 0 Å². The lowest BCUT2D eigenvalue weighted by Gasteiger charge is -2.33. The van der Waals surface area contributed by atoms with Gasteiger partial charge in [0.15, 0.2) is 0 Å². The van der Waals surface area contributed by atoms with Crippen molar-refractivity contribution >= 4 is 11.6 Å². The summed E-state index contributed by atoms with van der Waals surface area (Å²) < 4.78 is 0. The molecule has 1 aliphatic heterocycles. The van der Waals surface area contributed by atoms with Gasteiger partial charge in [-0.15, -0.1) is 0 Å². The van der Waals surface area contributed by atoms with Crippen molar-refractivity contribution in [1.29, 1.82) is 0 Å². The van der Waals surface area contributed by atoms with Crippen LogP contribution in [0.3, 0.4) is 0 Å². The van der Waals surface area contributed by atoms with Crippen molar-refractivity contribution in [2.75, 3.05) is 18.0 Å². The molecule has 0 radical (unpaired) electrons. The Kier molecular flexibility index (Phi) is 5.70. The molecular weight excluding hydrogens is 344 g/mol. The van der Waals surface area contributed by atoms with E-state index in [2.05, 4.69) is 53.5 Å². The summed E-state index contributed by atoms with van der Waals surface area (Å²) in [7, 11) is 0. The van der Waals surface area contributed by atoms with Gasteiger partial charge >= 0.3 is 0 Å². The zero-order valence-corrected chi connectivity index (χ0v) is 17.0. The Hall–Kier alpha value is -2.29. The predicted molar refractivity (Wildman–Crippen MR) is 115 cm³/mol. The van der Waals surface area contributed by atoms with Gasteiger partial charge in [-0.1, -0.05) is 62.2 Å². The smallest absolute Gasteiger partial charge is 0.230 e. The van der Waals surface area contributed by atoms with Gasteiger partial charge in [-0.2, -0.15) is 0 Å². The molecule has 0 bridgehead atoms. The molecule has 3 heteroatoms. The molecule has 148 valence electrons. The number of carbonyl (C=O) groups excluding carboxylic acids is 1. The van der Waals surface area contributed by atoms with Gasteiger partial charge < -0.3 is 10.2 Å². The number of nitrogens with one attached hydrogen (secondary N) is 1. The van der Waals surface area contributed by atoms with E-state index in [1.165, 1.54) is 29.7 Å². The number of carbonyl (C=O) groups is 1. The molecular formula is C25H32N2O. The normalized spacial score (nSPS) is 21.5. The Morgan fingerprint density at radius 2 is 1.75 bits per heavy atom. The molecule has 1 amide bonds. The minimum absolute atomic E-state index is 0.185. The van der Waals surface area contributed by atoms with E-state index in [9.17, 15) is 4.79 Å². The first-order valence-electron chi connectivity index (χ1n) is 10.9. The minimum Gasteiger partial charge on any atom is -0.371 e. The van der Waals surface area contributed by atoms with Crippen molar-refractivity contribution in [2.45, 2.75) is 57.4 Å². The fourth-order valence-corrected chi connectivity index (χ4v) is 4.98. The van der Waals surface area contributed by atoms with Crippen LogP contribution in [0.2, 0.25) is 0 Å². The van der Waals surface area contributed by atoms with Gasteiger partial charge in [0, 0.05) is 25.3 Å². The summed E-state index contributed by atoms with van der Waals surface area (Å²) >= 11 is 0. The SMILES string of the molecule is C[C@H]1CCCN(c2ccc(CNC(=O)C3(c4ccccc4)CCCC3)cc2)C1. The van der Waals surface area contributed by atoms with E-state index in [1.807, 2.05) is 18.2 Å². The number of rotatable bonds is 5. The zero-order chi connectivity index (χ0) is 19.4. The summed E-state index contributed by atoms with van der Waals surface area (Å²) in [5.74, 6) is 0.957. The van der Waals surface area contributed by atoms with Crippen molar-refractivity contribution < 1.29 is 4.79 Å². The van der Waals surface area contributed by atoms with Crippen molar-refractivity contribution in [3.63, 3.8) is 0 Å². The average molecular weight is 377 g/mol. The molecule has 2 aromatic carbocycles. The molecule has 28 heavy (non-hydrogen) atoms. The van der Waals surface area contributed by atoms with Crippen LogP contribution in [0.4, 0.5) is 5.69 Å². The molecule has 2 aromatic rings. The molecule has 0 unspecified atom stereocenters. The standard InChI is InChI=1S/C25H32N2O/c1-20-8-7-17-27(19-20)23-13-11-21(12-14-23)18-26-24(28)25(15-5-6-16-25)22-9-3-2-4-10-22/h2-4,9-14,20H,5-8,15-19H2,1H3,(H,26,28)/t20-/m0/s1. The second-order valence-corrected chi connectivity index (χ2v) is 8.70. The molecule has 0 aromatic heterocycles. The molecule has 1 saturated heterocycles. The molecule has 4 rings (SSSR count). The molecule has 3 nitrogen and oxygen atoms in total. The Morgan fingerprint density at radius 3 is 2.43 bits per heavy atom. The molecule has 1 atom stereocenters. The first-order chi connectivity index (χ1) is 13.7. The van der Waals surface area contributed by atoms with Gasteiger partial charge in [-0.05, 0) is 54.9 Å². The van der Waals surface area contributed by atoms with E-state index in [0.717, 1.165) is 44.7 Å². The maximum Gasteiger partial charge on any atom is 0.230 e. The summed E-state index contributed by atoms with van der Waals surface area (Å²) in [4.78, 5) is 15.7. The summed E-state index contributed by atoms with van der Waals surface area (Å²) in [6.45, 7) is 5.24. The maximum absolute atomic E-state index is 13.2. The second kappa shape index (κ2) is 8.38. The molecule has 2 aliphatic rings. The van der Waals surface area contributed by atoms with Crippen LogP contribution in [0.1, 0.15) is 56.6 Å². The first-order valence-corrected chi connectivity index (χ1v) is 10.9. The van der Waals surface area contributed by atoms with Gasteiger partial charge in [0.2, 0.25) is 5.91 Å². The maximum atomic E-state index is 13.2. The van der Waals surface area contributed by atoms with Crippen LogP contribution in [-0.4, -0.2) is 19.0 Å². The van der Waals surface area contributed by atoms with Gasteiger partial charge in [0.25, 0.3) is 0 Å². The highest BCUT2D eigenvalue weighted by atomic mass is 16.2. The van der Waals surface area contributed by atoms with E-state index < -0.39 is 0 Å². The summed E-state index contributed by atoms with van der Waals surface area (Å²) in [5, 5.41) is 3.23. The van der Waals surface area contributed by atoms with Crippen LogP contribution in [0.15, 0.2) is 54.6 Å². The summed E-state index contributed by atoms with van der Waals surface area (Å²) in [6, 6.07) is 19.1. The van der Waals surface area contributed by atoms with Gasteiger partial charge in [-0.3, -0.25) is 4.79 Å². The van der Waals surface area contributed by atoms with Crippen LogP contribution >= 0.6 is 0 Å². The average Bonchev–Trinajstić information content (AvgIpc) is 3.24. The van der Waals surface area contributed by atoms with Crippen LogP contribution in [0.5, 0.6) is 0 Å². The topological polar surface area (TPSA) is 32.3 Å². The number of amides is 1. The summed E-state index contributed by atoms with van der Waals surface area (Å²) in [5.41, 5.74) is 3.30. The Labute approximate surface area is 169 Å². The quantitative estimate of drug-likeness (QED) is 0.792. The van der Waals surface area contributed by atoms with Crippen molar-refractivity contribution in [3.8, 4) is 0 Å². The van der Waals surface area contributed by atoms with Crippen LogP contribution in [0, 0.1) is 5.92 Å². The number of anilines is 1. The van der Waals surface area contributed by atoms with E-state index >= 15 is 0 Å². The van der Waals surface area contributed by atoms with Crippen LogP contribution < -0.4 is 10.2 Å². The van der Waals surface area contributed by atoms with E-state index in [-0.39, 0.29) is 11.3 Å². The predicted octanol–water partition coefficient (Wildman–Crippen LogP) is 5.05. The van der Waals surface area contributed by atoms with E-state index in [0.29, 0.717) is 6.54 Å². The van der Waals surface area contributed by atoms with Crippen LogP contribution in [0.25, 0.3) is 0 Å². The molecule has 1 N–H and O–H groups in total. The van der Waals surface area contributed by atoms with E-state index in [1.54, 1.807) is 0 Å². The molecule has 1 saturated carbocycles. The number of nitrogens with zero attached hydrogens (tertiary/aromatic N) is 1. The highest BCUT2D eigenvalue weighted by Gasteiger charge is 2.42. The third kappa shape index (κ3) is 3.94. The zero-order valence-electron chi connectivity index (χ0n) is 17.0. The van der Waals surface area contributed by atoms with Gasteiger partial charge in [0.1, 0.15) is 0 Å². The lowest BCUT2D eigenvalue weighted by Crippen LogP contribution is -2.42. The third-order valence-electron chi connectivity index (χ3n) is 6.63. The number of hydrogen-bond acceptors (Lipinski definition) is 2. The van der Waals surface area contributed by atoms with Crippen molar-refractivity contribution in [3.05, 3.63) is 65.7 Å². The second-order valence-electron chi connectivity index (χ2n) is 8.70. The lowest BCUT2D eigenvalue weighted by molar-refractivity contribution is -0.126. The Bertz CT molecular complexity index is 778. The third-order valence-corrected chi connectivity index (χ3v) is 6.63. The summed E-state index contributed by atoms with van der Waals surface area (Å²) in [6.07, 6.45) is 6.78. The number of benzene rings is 2. The molecule has 1 heterocycles. The number of piperidine rings is 1. The highest BCUT2D eigenvalue weighted by molar-refractivity contribution is 5.88. The minimum atomic E-state index is -0.342. The number of hydrogen-bond donors (Lipinski definition) is 1. The Balaban J connectivity index is 1.40. The fraction of sp³-hybridized carbons (Fsp3) is 0.480.